The molecule has 0 spiro atoms. The van der Waals surface area contributed by atoms with Gasteiger partial charge in [-0.1, -0.05) is 187 Å². The zero-order valence-electron chi connectivity index (χ0n) is 29.1. The van der Waals surface area contributed by atoms with Crippen molar-refractivity contribution < 1.29 is 4.74 Å². The van der Waals surface area contributed by atoms with Crippen LogP contribution >= 0.6 is 15.8 Å². The fraction of sp³-hybridized carbons (Fsp3) is 0.234. The van der Waals surface area contributed by atoms with Gasteiger partial charge in [-0.05, 0) is 60.3 Å². The third-order valence-corrected chi connectivity index (χ3v) is 18.6. The van der Waals surface area contributed by atoms with E-state index in [2.05, 4.69) is 172 Å². The van der Waals surface area contributed by atoms with Gasteiger partial charge < -0.3 is 4.74 Å². The molecule has 2 atom stereocenters. The number of hydrogen-bond donors (Lipinski definition) is 0. The molecule has 9 rings (SSSR count). The lowest BCUT2D eigenvalue weighted by Gasteiger charge is -2.43. The van der Waals surface area contributed by atoms with Crippen LogP contribution in [0, 0.1) is 0 Å². The molecule has 3 heterocycles. The van der Waals surface area contributed by atoms with Crippen molar-refractivity contribution in [2.24, 2.45) is 0 Å². The summed E-state index contributed by atoms with van der Waals surface area (Å²) in [7, 11) is -1.23. The molecule has 0 aromatic heterocycles. The Hall–Kier alpha value is -4.02. The second-order valence-electron chi connectivity index (χ2n) is 14.7. The van der Waals surface area contributed by atoms with Gasteiger partial charge in [0, 0.05) is 37.5 Å². The van der Waals surface area contributed by atoms with Gasteiger partial charge >= 0.3 is 0 Å². The number of rotatable bonds is 6. The summed E-state index contributed by atoms with van der Waals surface area (Å²) in [5.41, 5.74) is 8.20. The van der Waals surface area contributed by atoms with Crippen LogP contribution in [0.1, 0.15) is 72.9 Å². The van der Waals surface area contributed by atoms with Crippen LogP contribution in [0.3, 0.4) is 0 Å². The van der Waals surface area contributed by atoms with E-state index >= 15 is 0 Å². The third kappa shape index (κ3) is 4.81. The topological polar surface area (TPSA) is 9.23 Å². The van der Waals surface area contributed by atoms with Crippen LogP contribution in [0.25, 0.3) is 0 Å². The summed E-state index contributed by atoms with van der Waals surface area (Å²) in [5, 5.41) is 2.75. The van der Waals surface area contributed by atoms with Crippen molar-refractivity contribution >= 4 is 26.5 Å². The number of ether oxygens (including phenoxy) is 1. The van der Waals surface area contributed by atoms with Gasteiger partial charge in [0.25, 0.3) is 0 Å². The van der Waals surface area contributed by atoms with E-state index in [0.29, 0.717) is 0 Å². The summed E-state index contributed by atoms with van der Waals surface area (Å²) < 4.78 is 7.56. The van der Waals surface area contributed by atoms with Crippen LogP contribution in [0.2, 0.25) is 0 Å². The predicted molar refractivity (Wildman–Crippen MR) is 214 cm³/mol. The lowest BCUT2D eigenvalue weighted by atomic mass is 9.76. The Bertz CT molecular complexity index is 1890. The average molecular weight is 687 g/mol. The Labute approximate surface area is 300 Å². The predicted octanol–water partition coefficient (Wildman–Crippen LogP) is 11.8. The van der Waals surface area contributed by atoms with Gasteiger partial charge in [-0.25, -0.2) is 0 Å². The molecule has 0 N–H and O–H groups in total. The third-order valence-electron chi connectivity index (χ3n) is 11.9. The van der Waals surface area contributed by atoms with Crippen molar-refractivity contribution in [3.05, 3.63) is 191 Å². The van der Waals surface area contributed by atoms with E-state index in [4.69, 9.17) is 4.74 Å². The number of fused-ring (bicyclic) bond motifs is 2. The molecule has 0 aliphatic carbocycles. The van der Waals surface area contributed by atoms with E-state index in [1.165, 1.54) is 69.2 Å². The molecule has 6 aromatic carbocycles. The number of hydrogen-bond acceptors (Lipinski definition) is 1. The van der Waals surface area contributed by atoms with E-state index in [1.54, 1.807) is 0 Å². The minimum Gasteiger partial charge on any atom is -0.455 e. The maximum Gasteiger partial charge on any atom is 0.139 e. The highest BCUT2D eigenvalue weighted by atomic mass is 31.1. The average Bonchev–Trinajstić information content (AvgIpc) is 3.83. The summed E-state index contributed by atoms with van der Waals surface area (Å²) in [6, 6.07) is 59.5. The van der Waals surface area contributed by atoms with Gasteiger partial charge in [-0.15, -0.1) is 0 Å². The zero-order chi connectivity index (χ0) is 33.8. The molecule has 0 bridgehead atoms. The second kappa shape index (κ2) is 12.6. The van der Waals surface area contributed by atoms with Crippen molar-refractivity contribution in [1.82, 2.24) is 0 Å². The summed E-state index contributed by atoms with van der Waals surface area (Å²) >= 11 is 0. The van der Waals surface area contributed by atoms with Crippen molar-refractivity contribution in [2.45, 2.75) is 55.3 Å². The van der Waals surface area contributed by atoms with Crippen LogP contribution in [-0.4, -0.2) is 12.3 Å². The molecular weight excluding hydrogens is 642 g/mol. The fourth-order valence-electron chi connectivity index (χ4n) is 9.60. The molecule has 2 unspecified atom stereocenters. The highest BCUT2D eigenvalue weighted by Crippen LogP contribution is 2.70. The van der Waals surface area contributed by atoms with E-state index in [9.17, 15) is 0 Å². The molecule has 3 aliphatic heterocycles. The molecule has 1 nitrogen and oxygen atoms in total. The Morgan fingerprint density at radius 2 is 0.760 bits per heavy atom. The van der Waals surface area contributed by atoms with Crippen molar-refractivity contribution in [2.75, 3.05) is 12.3 Å². The highest BCUT2D eigenvalue weighted by Gasteiger charge is 2.51. The second-order valence-corrected chi connectivity index (χ2v) is 19.8. The maximum absolute atomic E-state index is 7.56. The van der Waals surface area contributed by atoms with Gasteiger partial charge in [0.1, 0.15) is 11.5 Å². The highest BCUT2D eigenvalue weighted by molar-refractivity contribution is 7.68. The largest absolute Gasteiger partial charge is 0.455 e. The van der Waals surface area contributed by atoms with E-state index in [0.717, 1.165) is 24.3 Å². The molecule has 3 heteroatoms. The molecule has 6 aromatic rings. The normalized spacial score (nSPS) is 21.2. The summed E-state index contributed by atoms with van der Waals surface area (Å²) in [5.74, 6) is 2.25. The van der Waals surface area contributed by atoms with Crippen LogP contribution in [0.15, 0.2) is 158 Å². The van der Waals surface area contributed by atoms with E-state index in [-0.39, 0.29) is 15.7 Å². The summed E-state index contributed by atoms with van der Waals surface area (Å²) in [4.78, 5) is 0. The first kappa shape index (κ1) is 31.9. The molecular formula is C47H44OP2. The molecule has 2 saturated heterocycles. The maximum atomic E-state index is 7.56. The monoisotopic (exact) mass is 686 g/mol. The lowest BCUT2D eigenvalue weighted by Crippen LogP contribution is -2.33. The molecule has 248 valence electrons. The first-order valence-corrected chi connectivity index (χ1v) is 21.3. The van der Waals surface area contributed by atoms with Crippen LogP contribution in [0.4, 0.5) is 0 Å². The zero-order valence-corrected chi connectivity index (χ0v) is 30.8. The smallest absolute Gasteiger partial charge is 0.139 e. The Kier molecular flexibility index (Phi) is 8.07. The molecule has 0 amide bonds. The van der Waals surface area contributed by atoms with Crippen molar-refractivity contribution in [3.8, 4) is 11.5 Å². The van der Waals surface area contributed by atoms with Crippen LogP contribution in [-0.2, 0) is 15.7 Å². The SMILES string of the molecule is CC1(C)c2cccc(P3CCCC3(c3ccccc3)c3ccccc3)c2Oc2c(P3CCCC3(c3ccccc3)c3ccccc3)cccc21. The van der Waals surface area contributed by atoms with E-state index in [1.807, 2.05) is 0 Å². The van der Waals surface area contributed by atoms with Gasteiger partial charge in [-0.3, -0.25) is 0 Å². The fourth-order valence-corrected chi connectivity index (χ4v) is 16.7. The number of benzene rings is 6. The molecule has 2 fully saturated rings. The standard InChI is InChI=1S/C47H44OP2/c1-45(2)39-27-15-29-41(49-33-17-31-46(49,35-19-7-3-8-20-35)36-21-9-4-10-22-36)43(39)48-44-40(45)28-16-30-42(44)50-34-18-32-47(50,37-23-11-5-12-24-37)38-25-13-6-14-26-38/h3-16,19-30H,17-18,31-34H2,1-2H3. The van der Waals surface area contributed by atoms with Gasteiger partial charge in [0.05, 0.1) is 0 Å². The lowest BCUT2D eigenvalue weighted by molar-refractivity contribution is 0.424. The Morgan fingerprint density at radius 1 is 0.420 bits per heavy atom. The van der Waals surface area contributed by atoms with Gasteiger partial charge in [-0.2, -0.15) is 0 Å². The Balaban J connectivity index is 1.23. The molecule has 50 heavy (non-hydrogen) atoms. The van der Waals surface area contributed by atoms with Gasteiger partial charge in [0.15, 0.2) is 0 Å². The van der Waals surface area contributed by atoms with Crippen LogP contribution < -0.4 is 15.3 Å². The Morgan fingerprint density at radius 3 is 1.10 bits per heavy atom. The molecule has 3 aliphatic rings. The van der Waals surface area contributed by atoms with Crippen molar-refractivity contribution in [3.63, 3.8) is 0 Å². The van der Waals surface area contributed by atoms with Crippen LogP contribution in [0.5, 0.6) is 11.5 Å². The molecule has 0 radical (unpaired) electrons. The first-order valence-electron chi connectivity index (χ1n) is 18.3. The van der Waals surface area contributed by atoms with E-state index < -0.39 is 15.8 Å². The first-order chi connectivity index (χ1) is 24.5. The molecule has 0 saturated carbocycles. The van der Waals surface area contributed by atoms with Crippen molar-refractivity contribution in [1.29, 1.82) is 0 Å². The van der Waals surface area contributed by atoms with Gasteiger partial charge in [0.2, 0.25) is 0 Å². The minimum absolute atomic E-state index is 0.0500. The summed E-state index contributed by atoms with van der Waals surface area (Å²) in [6.45, 7) is 4.85. The summed E-state index contributed by atoms with van der Waals surface area (Å²) in [6.07, 6.45) is 7.14. The number of para-hydroxylation sites is 2. The minimum atomic E-state index is -0.617. The quantitative estimate of drug-likeness (QED) is 0.159.